The highest BCUT2D eigenvalue weighted by atomic mass is 16.7. The minimum atomic E-state index is -0.814. The molecule has 0 fully saturated rings. The standard InChI is InChI=1S/C56H105NO11/c1-7-13-17-20-23-28-37-50(36-27-19-15-9-3)45-65-54(60)40-31-32-41-55(61)67-47-51(48-68-56(62)63-43-33-42-57(11-5)12-6)46-66-53(59)39-30-25-22-21-24-29-38-52(58)64-44-49(34-16-10-4)35-26-18-14-8-2/h49-51H,7-48H2,1-6H3. The van der Waals surface area contributed by atoms with E-state index in [0.717, 1.165) is 83.8 Å². The van der Waals surface area contributed by atoms with Gasteiger partial charge in [0.15, 0.2) is 0 Å². The van der Waals surface area contributed by atoms with Crippen LogP contribution in [-0.2, 0) is 47.6 Å². The Bertz CT molecular complexity index is 1200. The van der Waals surface area contributed by atoms with Gasteiger partial charge in [-0.25, -0.2) is 4.79 Å². The maximum atomic E-state index is 12.7. The van der Waals surface area contributed by atoms with Gasteiger partial charge in [0.25, 0.3) is 0 Å². The number of unbranched alkanes of at least 4 members (excludes halogenated alkanes) is 18. The van der Waals surface area contributed by atoms with Crippen LogP contribution in [0, 0.1) is 17.8 Å². The average molecular weight is 968 g/mol. The topological polar surface area (TPSA) is 144 Å². The second-order valence-electron chi connectivity index (χ2n) is 19.3. The summed E-state index contributed by atoms with van der Waals surface area (Å²) >= 11 is 0. The molecular weight excluding hydrogens is 863 g/mol. The molecule has 68 heavy (non-hydrogen) atoms. The van der Waals surface area contributed by atoms with Crippen LogP contribution in [0.4, 0.5) is 4.79 Å². The van der Waals surface area contributed by atoms with E-state index in [2.05, 4.69) is 46.4 Å². The van der Waals surface area contributed by atoms with E-state index >= 15 is 0 Å². The molecule has 0 heterocycles. The average Bonchev–Trinajstić information content (AvgIpc) is 3.34. The molecule has 0 saturated heterocycles. The summed E-state index contributed by atoms with van der Waals surface area (Å²) in [5, 5.41) is 0. The molecule has 0 saturated carbocycles. The van der Waals surface area contributed by atoms with Gasteiger partial charge in [-0.05, 0) is 82.7 Å². The van der Waals surface area contributed by atoms with E-state index in [9.17, 15) is 24.0 Å². The second kappa shape index (κ2) is 49.1. The number of ether oxygens (including phenoxy) is 6. The highest BCUT2D eigenvalue weighted by Gasteiger charge is 2.19. The number of nitrogens with zero attached hydrogens (tertiary/aromatic N) is 1. The van der Waals surface area contributed by atoms with Gasteiger partial charge in [-0.15, -0.1) is 0 Å². The first-order chi connectivity index (χ1) is 33.1. The lowest BCUT2D eigenvalue weighted by atomic mass is 9.95. The van der Waals surface area contributed by atoms with Gasteiger partial charge >= 0.3 is 30.0 Å². The van der Waals surface area contributed by atoms with Gasteiger partial charge < -0.3 is 33.3 Å². The van der Waals surface area contributed by atoms with Crippen LogP contribution in [0.2, 0.25) is 0 Å². The zero-order chi connectivity index (χ0) is 50.1. The Labute approximate surface area is 416 Å². The number of carbonyl (C=O) groups is 5. The van der Waals surface area contributed by atoms with E-state index in [1.165, 1.54) is 96.3 Å². The van der Waals surface area contributed by atoms with E-state index < -0.39 is 18.0 Å². The number of esters is 4. The lowest BCUT2D eigenvalue weighted by Gasteiger charge is -2.18. The van der Waals surface area contributed by atoms with Crippen molar-refractivity contribution in [2.45, 2.75) is 253 Å². The lowest BCUT2D eigenvalue weighted by molar-refractivity contribution is -0.151. The minimum Gasteiger partial charge on any atom is -0.465 e. The van der Waals surface area contributed by atoms with Gasteiger partial charge in [-0.1, -0.05) is 170 Å². The quantitative estimate of drug-likeness (QED) is 0.0325. The van der Waals surface area contributed by atoms with Gasteiger partial charge in [0, 0.05) is 32.2 Å². The minimum absolute atomic E-state index is 0.0695. The summed E-state index contributed by atoms with van der Waals surface area (Å²) in [7, 11) is 0. The number of hydrogen-bond acceptors (Lipinski definition) is 12. The summed E-state index contributed by atoms with van der Waals surface area (Å²) < 4.78 is 33.1. The van der Waals surface area contributed by atoms with E-state index in [-0.39, 0.29) is 63.6 Å². The van der Waals surface area contributed by atoms with Crippen molar-refractivity contribution >= 4 is 30.0 Å². The van der Waals surface area contributed by atoms with Crippen molar-refractivity contribution < 1.29 is 52.4 Å². The predicted molar refractivity (Wildman–Crippen MR) is 274 cm³/mol. The predicted octanol–water partition coefficient (Wildman–Crippen LogP) is 14.5. The largest absolute Gasteiger partial charge is 0.508 e. The van der Waals surface area contributed by atoms with Crippen LogP contribution >= 0.6 is 0 Å². The first kappa shape index (κ1) is 65.1. The molecule has 3 atom stereocenters. The third kappa shape index (κ3) is 43.2. The molecule has 0 radical (unpaired) electrons. The zero-order valence-electron chi connectivity index (χ0n) is 44.9. The number of hydrogen-bond donors (Lipinski definition) is 0. The van der Waals surface area contributed by atoms with Crippen molar-refractivity contribution in [3.8, 4) is 0 Å². The fourth-order valence-corrected chi connectivity index (χ4v) is 8.32. The van der Waals surface area contributed by atoms with Gasteiger partial charge in [-0.3, -0.25) is 19.2 Å². The molecule has 12 nitrogen and oxygen atoms in total. The highest BCUT2D eigenvalue weighted by Crippen LogP contribution is 2.21. The van der Waals surface area contributed by atoms with E-state index in [1.807, 2.05) is 0 Å². The summed E-state index contributed by atoms with van der Waals surface area (Å²) in [6.45, 7) is 16.7. The number of carbonyl (C=O) groups excluding carboxylic acids is 5. The Morgan fingerprint density at radius 2 is 0.632 bits per heavy atom. The van der Waals surface area contributed by atoms with Gasteiger partial charge in [0.1, 0.15) is 19.8 Å². The molecule has 0 aromatic rings. The third-order valence-electron chi connectivity index (χ3n) is 13.0. The molecule has 3 unspecified atom stereocenters. The Morgan fingerprint density at radius 3 is 1.03 bits per heavy atom. The molecule has 0 N–H and O–H groups in total. The van der Waals surface area contributed by atoms with Crippen LogP contribution in [-0.4, -0.2) is 94.2 Å². The van der Waals surface area contributed by atoms with Crippen LogP contribution in [0.5, 0.6) is 0 Å². The Balaban J connectivity index is 4.71. The molecule has 0 aliphatic carbocycles. The molecule has 0 bridgehead atoms. The fraction of sp³-hybridized carbons (Fsp3) is 0.911. The Morgan fingerprint density at radius 1 is 0.324 bits per heavy atom. The monoisotopic (exact) mass is 968 g/mol. The molecule has 0 spiro atoms. The van der Waals surface area contributed by atoms with Crippen LogP contribution < -0.4 is 0 Å². The molecule has 0 aromatic heterocycles. The normalized spacial score (nSPS) is 12.6. The molecule has 0 aliphatic heterocycles. The summed E-state index contributed by atoms with van der Waals surface area (Å²) in [5.74, 6) is -0.790. The SMILES string of the molecule is CCCCCCCCC(CCCCCC)COC(=O)CCCCC(=O)OCC(COC(=O)CCCCCCCCC(=O)OCC(CCCC)CCCCCC)COC(=O)OCCCN(CC)CC. The van der Waals surface area contributed by atoms with Gasteiger partial charge in [0.05, 0.1) is 25.7 Å². The van der Waals surface area contributed by atoms with E-state index in [4.69, 9.17) is 28.4 Å². The molecule has 12 heteroatoms. The van der Waals surface area contributed by atoms with Crippen molar-refractivity contribution in [1.82, 2.24) is 4.90 Å². The van der Waals surface area contributed by atoms with Crippen molar-refractivity contribution in [3.05, 3.63) is 0 Å². The molecular formula is C56H105NO11. The summed E-state index contributed by atoms with van der Waals surface area (Å²) in [5.41, 5.74) is 0. The van der Waals surface area contributed by atoms with Gasteiger partial charge in [-0.2, -0.15) is 0 Å². The Kier molecular flexibility index (Phi) is 47.0. The van der Waals surface area contributed by atoms with Crippen molar-refractivity contribution in [2.75, 3.05) is 59.3 Å². The fourth-order valence-electron chi connectivity index (χ4n) is 8.32. The van der Waals surface area contributed by atoms with Crippen LogP contribution in [0.3, 0.4) is 0 Å². The van der Waals surface area contributed by atoms with Crippen molar-refractivity contribution in [3.63, 3.8) is 0 Å². The molecule has 0 rings (SSSR count). The van der Waals surface area contributed by atoms with Crippen LogP contribution in [0.25, 0.3) is 0 Å². The highest BCUT2D eigenvalue weighted by molar-refractivity contribution is 5.71. The maximum Gasteiger partial charge on any atom is 0.508 e. The van der Waals surface area contributed by atoms with Gasteiger partial charge in [0.2, 0.25) is 0 Å². The lowest BCUT2D eigenvalue weighted by Crippen LogP contribution is -2.27. The molecule has 0 aromatic carbocycles. The molecule has 400 valence electrons. The summed E-state index contributed by atoms with van der Waals surface area (Å²) in [6, 6.07) is 0. The first-order valence-electron chi connectivity index (χ1n) is 28.3. The summed E-state index contributed by atoms with van der Waals surface area (Å²) in [4.78, 5) is 65.1. The zero-order valence-corrected chi connectivity index (χ0v) is 44.9. The van der Waals surface area contributed by atoms with Crippen LogP contribution in [0.15, 0.2) is 0 Å². The smallest absolute Gasteiger partial charge is 0.465 e. The van der Waals surface area contributed by atoms with Crippen molar-refractivity contribution in [1.29, 1.82) is 0 Å². The number of rotatable bonds is 50. The first-order valence-corrected chi connectivity index (χ1v) is 28.3. The maximum absolute atomic E-state index is 12.7. The van der Waals surface area contributed by atoms with E-state index in [0.29, 0.717) is 57.2 Å². The molecule has 0 aliphatic rings. The Hall–Kier alpha value is -2.89. The molecule has 0 amide bonds. The third-order valence-corrected chi connectivity index (χ3v) is 13.0. The van der Waals surface area contributed by atoms with Crippen molar-refractivity contribution in [2.24, 2.45) is 17.8 Å². The summed E-state index contributed by atoms with van der Waals surface area (Å²) in [6.07, 6.45) is 31.4. The van der Waals surface area contributed by atoms with E-state index in [1.54, 1.807) is 0 Å². The second-order valence-corrected chi connectivity index (χ2v) is 19.3. The van der Waals surface area contributed by atoms with Crippen LogP contribution in [0.1, 0.15) is 253 Å².